The summed E-state index contributed by atoms with van der Waals surface area (Å²) in [6.07, 6.45) is 0. The maximum absolute atomic E-state index is 12.8. The summed E-state index contributed by atoms with van der Waals surface area (Å²) >= 11 is 1.57. The van der Waals surface area contributed by atoms with Gasteiger partial charge in [0.25, 0.3) is 5.91 Å². The average Bonchev–Trinajstić information content (AvgIpc) is 3.01. The molecule has 0 saturated heterocycles. The Labute approximate surface area is 164 Å². The van der Waals surface area contributed by atoms with Crippen LogP contribution < -0.4 is 10.1 Å². The summed E-state index contributed by atoms with van der Waals surface area (Å²) in [5, 5.41) is 5.82. The quantitative estimate of drug-likeness (QED) is 0.788. The average molecular weight is 390 g/mol. The van der Waals surface area contributed by atoms with Gasteiger partial charge in [-0.15, -0.1) is 11.3 Å². The van der Waals surface area contributed by atoms with E-state index in [0.717, 1.165) is 10.7 Å². The Hall–Kier alpha value is -2.41. The highest BCUT2D eigenvalue weighted by molar-refractivity contribution is 7.09. The Morgan fingerprint density at radius 3 is 2.63 bits per heavy atom. The van der Waals surface area contributed by atoms with Crippen molar-refractivity contribution in [2.45, 2.75) is 46.8 Å². The van der Waals surface area contributed by atoms with E-state index < -0.39 is 0 Å². The molecule has 2 amide bonds. The number of hydrogen-bond donors (Lipinski definition) is 1. The van der Waals surface area contributed by atoms with E-state index in [-0.39, 0.29) is 23.9 Å². The molecule has 0 spiro atoms. The van der Waals surface area contributed by atoms with Crippen molar-refractivity contribution in [2.24, 2.45) is 0 Å². The first-order valence-corrected chi connectivity index (χ1v) is 9.80. The largest absolute Gasteiger partial charge is 0.487 e. The zero-order valence-electron chi connectivity index (χ0n) is 16.5. The number of rotatable bonds is 7. The number of nitrogens with zero attached hydrogens (tertiary/aromatic N) is 2. The number of hydrogen-bond acceptors (Lipinski definition) is 5. The van der Waals surface area contributed by atoms with Crippen LogP contribution >= 0.6 is 11.3 Å². The third kappa shape index (κ3) is 6.67. The predicted octanol–water partition coefficient (Wildman–Crippen LogP) is 3.41. The van der Waals surface area contributed by atoms with Crippen LogP contribution in [-0.2, 0) is 11.4 Å². The van der Waals surface area contributed by atoms with E-state index in [4.69, 9.17) is 4.74 Å². The summed E-state index contributed by atoms with van der Waals surface area (Å²) in [6, 6.07) is 7.01. The van der Waals surface area contributed by atoms with Gasteiger partial charge in [0, 0.05) is 23.0 Å². The zero-order valence-corrected chi connectivity index (χ0v) is 17.4. The highest BCUT2D eigenvalue weighted by atomic mass is 32.1. The molecule has 2 rings (SSSR count). The third-order valence-corrected chi connectivity index (χ3v) is 4.47. The van der Waals surface area contributed by atoms with Gasteiger partial charge in [-0.25, -0.2) is 4.98 Å². The van der Waals surface area contributed by atoms with Gasteiger partial charge in [-0.1, -0.05) is 6.07 Å². The van der Waals surface area contributed by atoms with Crippen molar-refractivity contribution >= 4 is 23.2 Å². The lowest BCUT2D eigenvalue weighted by Crippen LogP contribution is -2.47. The molecule has 0 radical (unpaired) electrons. The SMILES string of the molecule is CCN(CC(=O)NC(C)(C)C)C(=O)c1cccc(OCc2csc(C)n2)c1. The lowest BCUT2D eigenvalue weighted by atomic mass is 10.1. The monoisotopic (exact) mass is 389 g/mol. The highest BCUT2D eigenvalue weighted by Crippen LogP contribution is 2.17. The molecule has 0 unspecified atom stereocenters. The van der Waals surface area contributed by atoms with Gasteiger partial charge in [0.2, 0.25) is 5.91 Å². The molecule has 0 aliphatic rings. The van der Waals surface area contributed by atoms with Gasteiger partial charge in [-0.05, 0) is 52.8 Å². The van der Waals surface area contributed by atoms with Crippen molar-refractivity contribution in [3.8, 4) is 5.75 Å². The molecule has 2 aromatic rings. The Balaban J connectivity index is 2.02. The van der Waals surface area contributed by atoms with Crippen molar-refractivity contribution in [1.29, 1.82) is 0 Å². The number of amides is 2. The van der Waals surface area contributed by atoms with Crippen LogP contribution in [0.1, 0.15) is 48.8 Å². The Kier molecular flexibility index (Phi) is 6.96. The molecule has 0 saturated carbocycles. The molecule has 0 bridgehead atoms. The van der Waals surface area contributed by atoms with Crippen LogP contribution in [0.3, 0.4) is 0 Å². The Morgan fingerprint density at radius 1 is 1.30 bits per heavy atom. The summed E-state index contributed by atoms with van der Waals surface area (Å²) in [5.41, 5.74) is 1.03. The summed E-state index contributed by atoms with van der Waals surface area (Å²) in [5.74, 6) is 0.224. The van der Waals surface area contributed by atoms with E-state index in [1.807, 2.05) is 40.0 Å². The number of likely N-dealkylation sites (N-methyl/N-ethyl adjacent to an activating group) is 1. The summed E-state index contributed by atoms with van der Waals surface area (Å²) in [4.78, 5) is 30.8. The lowest BCUT2D eigenvalue weighted by Gasteiger charge is -2.25. The fourth-order valence-electron chi connectivity index (χ4n) is 2.49. The van der Waals surface area contributed by atoms with Crippen molar-refractivity contribution in [2.75, 3.05) is 13.1 Å². The van der Waals surface area contributed by atoms with E-state index in [1.54, 1.807) is 35.6 Å². The van der Waals surface area contributed by atoms with Gasteiger partial charge >= 0.3 is 0 Å². The van der Waals surface area contributed by atoms with Crippen molar-refractivity contribution in [3.05, 3.63) is 45.9 Å². The third-order valence-electron chi connectivity index (χ3n) is 3.65. The molecule has 146 valence electrons. The Bertz CT molecular complexity index is 796. The summed E-state index contributed by atoms with van der Waals surface area (Å²) in [7, 11) is 0. The second-order valence-corrected chi connectivity index (χ2v) is 8.35. The Morgan fingerprint density at radius 2 is 2.04 bits per heavy atom. The molecule has 6 nitrogen and oxygen atoms in total. The van der Waals surface area contributed by atoms with E-state index in [1.165, 1.54) is 4.90 Å². The molecule has 1 N–H and O–H groups in total. The van der Waals surface area contributed by atoms with Crippen LogP contribution in [0.2, 0.25) is 0 Å². The fourth-order valence-corrected chi connectivity index (χ4v) is 3.09. The van der Waals surface area contributed by atoms with E-state index in [2.05, 4.69) is 10.3 Å². The van der Waals surface area contributed by atoms with Gasteiger partial charge < -0.3 is 15.0 Å². The minimum Gasteiger partial charge on any atom is -0.487 e. The van der Waals surface area contributed by atoms with Crippen molar-refractivity contribution in [1.82, 2.24) is 15.2 Å². The number of aryl methyl sites for hydroxylation is 1. The number of nitrogens with one attached hydrogen (secondary N) is 1. The molecule has 1 aromatic heterocycles. The normalized spacial score (nSPS) is 11.1. The first kappa shape index (κ1) is 20.9. The molecule has 0 atom stereocenters. The standard InChI is InChI=1S/C20H27N3O3S/c1-6-23(11-18(24)22-20(3,4)5)19(25)15-8-7-9-17(10-15)26-12-16-13-27-14(2)21-16/h7-10,13H,6,11-12H2,1-5H3,(H,22,24). The molecule has 7 heteroatoms. The number of aromatic nitrogens is 1. The topological polar surface area (TPSA) is 71.5 Å². The van der Waals surface area contributed by atoms with Gasteiger partial charge in [-0.2, -0.15) is 0 Å². The van der Waals surface area contributed by atoms with Gasteiger partial charge in [-0.3, -0.25) is 9.59 Å². The smallest absolute Gasteiger partial charge is 0.254 e. The summed E-state index contributed by atoms with van der Waals surface area (Å²) < 4.78 is 5.75. The van der Waals surface area contributed by atoms with E-state index in [9.17, 15) is 9.59 Å². The lowest BCUT2D eigenvalue weighted by molar-refractivity contribution is -0.123. The fraction of sp³-hybridized carbons (Fsp3) is 0.450. The first-order valence-electron chi connectivity index (χ1n) is 8.92. The predicted molar refractivity (Wildman–Crippen MR) is 107 cm³/mol. The maximum Gasteiger partial charge on any atom is 0.254 e. The number of benzene rings is 1. The van der Waals surface area contributed by atoms with Crippen LogP contribution in [0, 0.1) is 6.92 Å². The molecule has 0 aliphatic carbocycles. The second kappa shape index (κ2) is 8.99. The summed E-state index contributed by atoms with van der Waals surface area (Å²) in [6.45, 7) is 10.4. The molecule has 0 fully saturated rings. The zero-order chi connectivity index (χ0) is 20.0. The van der Waals surface area contributed by atoms with E-state index in [0.29, 0.717) is 24.5 Å². The van der Waals surface area contributed by atoms with Gasteiger partial charge in [0.05, 0.1) is 17.2 Å². The maximum atomic E-state index is 12.8. The van der Waals surface area contributed by atoms with Crippen LogP contribution in [0.5, 0.6) is 5.75 Å². The minimum absolute atomic E-state index is 0.0236. The van der Waals surface area contributed by atoms with Crippen molar-refractivity contribution in [3.63, 3.8) is 0 Å². The molecular weight excluding hydrogens is 362 g/mol. The van der Waals surface area contributed by atoms with Crippen LogP contribution in [-0.4, -0.2) is 40.3 Å². The van der Waals surface area contributed by atoms with E-state index >= 15 is 0 Å². The number of ether oxygens (including phenoxy) is 1. The van der Waals surface area contributed by atoms with Crippen LogP contribution in [0.15, 0.2) is 29.6 Å². The molecule has 1 heterocycles. The molecular formula is C20H27N3O3S. The molecule has 27 heavy (non-hydrogen) atoms. The second-order valence-electron chi connectivity index (χ2n) is 7.29. The molecule has 1 aromatic carbocycles. The number of carbonyl (C=O) groups excluding carboxylic acids is 2. The van der Waals surface area contributed by atoms with Gasteiger partial charge in [0.15, 0.2) is 0 Å². The first-order chi connectivity index (χ1) is 12.7. The highest BCUT2D eigenvalue weighted by Gasteiger charge is 2.20. The minimum atomic E-state index is -0.332. The van der Waals surface area contributed by atoms with Crippen LogP contribution in [0.4, 0.5) is 0 Å². The van der Waals surface area contributed by atoms with Crippen LogP contribution in [0.25, 0.3) is 0 Å². The number of carbonyl (C=O) groups is 2. The van der Waals surface area contributed by atoms with Gasteiger partial charge in [0.1, 0.15) is 12.4 Å². The molecule has 0 aliphatic heterocycles. The number of thiazole rings is 1. The van der Waals surface area contributed by atoms with Crippen molar-refractivity contribution < 1.29 is 14.3 Å².